The van der Waals surface area contributed by atoms with Gasteiger partial charge in [-0.15, -0.1) is 6.58 Å². The molecule has 4 aromatic heterocycles. The standard InChI is InChI=1S/C25H27N7/c1-2-16-3-6-18(7-4-16)32-22-15-27-11-9-19(22)20-14-28-25(31-24(20)32)30-23-8-5-17-13-26-12-10-21(17)29-23/h2,5,8-9,11,14-16,18,26H,1,3-4,6-7,10,12-13H2,(H,28,29,30,31). The summed E-state index contributed by atoms with van der Waals surface area (Å²) in [6.45, 7) is 5.84. The third-order valence-electron chi connectivity index (χ3n) is 6.95. The molecule has 0 unspecified atom stereocenters. The first-order valence-corrected chi connectivity index (χ1v) is 11.5. The molecular formula is C25H27N7. The second kappa shape index (κ2) is 7.98. The second-order valence-corrected chi connectivity index (χ2v) is 8.85. The summed E-state index contributed by atoms with van der Waals surface area (Å²) in [6, 6.07) is 6.62. The SMILES string of the molecule is C=CC1CCC(n2c3cnccc3c3cnc(Nc4ccc5c(n4)CCNC5)nc32)CC1. The Bertz CT molecular complexity index is 1300. The fraction of sp³-hybridized carbons (Fsp3) is 0.360. The fourth-order valence-corrected chi connectivity index (χ4v) is 5.21. The molecule has 1 aliphatic carbocycles. The summed E-state index contributed by atoms with van der Waals surface area (Å²) < 4.78 is 2.38. The number of aromatic nitrogens is 5. The van der Waals surface area contributed by atoms with Crippen molar-refractivity contribution < 1.29 is 0 Å². The highest BCUT2D eigenvalue weighted by atomic mass is 15.2. The van der Waals surface area contributed by atoms with E-state index in [1.165, 1.54) is 18.4 Å². The molecule has 32 heavy (non-hydrogen) atoms. The Balaban J connectivity index is 1.40. The minimum Gasteiger partial charge on any atom is -0.321 e. The number of allylic oxidation sites excluding steroid dienone is 1. The summed E-state index contributed by atoms with van der Waals surface area (Å²) in [5, 5.41) is 8.96. The molecule has 4 aromatic rings. The second-order valence-electron chi connectivity index (χ2n) is 8.85. The summed E-state index contributed by atoms with van der Waals surface area (Å²) in [4.78, 5) is 18.8. The van der Waals surface area contributed by atoms with Crippen molar-refractivity contribution in [1.29, 1.82) is 0 Å². The Hall–Kier alpha value is -3.32. The van der Waals surface area contributed by atoms with E-state index in [-0.39, 0.29) is 0 Å². The van der Waals surface area contributed by atoms with Gasteiger partial charge in [0.25, 0.3) is 0 Å². The molecule has 0 atom stereocenters. The minimum atomic E-state index is 0.410. The number of nitrogens with zero attached hydrogens (tertiary/aromatic N) is 5. The van der Waals surface area contributed by atoms with Gasteiger partial charge in [-0.3, -0.25) is 4.98 Å². The number of fused-ring (bicyclic) bond motifs is 4. The lowest BCUT2D eigenvalue weighted by molar-refractivity contribution is 0.318. The highest BCUT2D eigenvalue weighted by molar-refractivity contribution is 6.06. The summed E-state index contributed by atoms with van der Waals surface area (Å²) in [7, 11) is 0. The van der Waals surface area contributed by atoms with Gasteiger partial charge in [0.05, 0.1) is 11.7 Å². The van der Waals surface area contributed by atoms with Gasteiger partial charge >= 0.3 is 0 Å². The van der Waals surface area contributed by atoms with Crippen LogP contribution in [0.4, 0.5) is 11.8 Å². The van der Waals surface area contributed by atoms with Crippen molar-refractivity contribution in [3.8, 4) is 0 Å². The number of anilines is 2. The molecule has 0 aromatic carbocycles. The van der Waals surface area contributed by atoms with Crippen molar-refractivity contribution in [2.75, 3.05) is 11.9 Å². The van der Waals surface area contributed by atoms with E-state index in [1.807, 2.05) is 24.7 Å². The molecule has 0 spiro atoms. The van der Waals surface area contributed by atoms with E-state index in [9.17, 15) is 0 Å². The van der Waals surface area contributed by atoms with E-state index < -0.39 is 0 Å². The van der Waals surface area contributed by atoms with Crippen LogP contribution in [0.25, 0.3) is 21.9 Å². The lowest BCUT2D eigenvalue weighted by atomic mass is 9.86. The molecule has 6 rings (SSSR count). The fourth-order valence-electron chi connectivity index (χ4n) is 5.21. The number of hydrogen-bond acceptors (Lipinski definition) is 6. The first kappa shape index (κ1) is 19.4. The Morgan fingerprint density at radius 1 is 1.06 bits per heavy atom. The van der Waals surface area contributed by atoms with Crippen molar-refractivity contribution in [2.45, 2.75) is 44.7 Å². The quantitative estimate of drug-likeness (QED) is 0.462. The van der Waals surface area contributed by atoms with Crippen LogP contribution in [-0.4, -0.2) is 31.0 Å². The van der Waals surface area contributed by atoms with Crippen LogP contribution in [0.5, 0.6) is 0 Å². The summed E-state index contributed by atoms with van der Waals surface area (Å²) >= 11 is 0. The highest BCUT2D eigenvalue weighted by Gasteiger charge is 2.25. The van der Waals surface area contributed by atoms with Gasteiger partial charge < -0.3 is 15.2 Å². The Kier molecular flexibility index (Phi) is 4.83. The molecule has 0 radical (unpaired) electrons. The number of rotatable bonds is 4. The van der Waals surface area contributed by atoms with E-state index in [0.29, 0.717) is 17.9 Å². The van der Waals surface area contributed by atoms with Crippen molar-refractivity contribution in [1.82, 2.24) is 29.8 Å². The van der Waals surface area contributed by atoms with Crippen LogP contribution in [0.15, 0.2) is 49.4 Å². The van der Waals surface area contributed by atoms with Crippen LogP contribution in [0.3, 0.4) is 0 Å². The average molecular weight is 426 g/mol. The largest absolute Gasteiger partial charge is 0.321 e. The van der Waals surface area contributed by atoms with Gasteiger partial charge in [-0.2, -0.15) is 4.98 Å². The van der Waals surface area contributed by atoms with Gasteiger partial charge in [0.2, 0.25) is 5.95 Å². The van der Waals surface area contributed by atoms with Crippen molar-refractivity contribution in [2.24, 2.45) is 5.92 Å². The normalized spacial score (nSPS) is 20.9. The Morgan fingerprint density at radius 2 is 1.97 bits per heavy atom. The summed E-state index contributed by atoms with van der Waals surface area (Å²) in [5.41, 5.74) is 4.51. The predicted octanol–water partition coefficient (Wildman–Crippen LogP) is 4.68. The lowest BCUT2D eigenvalue weighted by Gasteiger charge is -2.28. The van der Waals surface area contributed by atoms with E-state index in [4.69, 9.17) is 9.97 Å². The number of hydrogen-bond donors (Lipinski definition) is 2. The third kappa shape index (κ3) is 3.33. The molecule has 0 amide bonds. The molecule has 5 heterocycles. The van der Waals surface area contributed by atoms with Crippen molar-refractivity contribution in [3.63, 3.8) is 0 Å². The monoisotopic (exact) mass is 425 g/mol. The molecule has 7 nitrogen and oxygen atoms in total. The first-order valence-electron chi connectivity index (χ1n) is 11.5. The van der Waals surface area contributed by atoms with Crippen LogP contribution in [0.2, 0.25) is 0 Å². The zero-order valence-corrected chi connectivity index (χ0v) is 18.1. The molecule has 0 saturated heterocycles. The maximum Gasteiger partial charge on any atom is 0.230 e. The molecule has 1 fully saturated rings. The molecule has 7 heteroatoms. The number of pyridine rings is 2. The number of nitrogens with one attached hydrogen (secondary N) is 2. The van der Waals surface area contributed by atoms with E-state index in [2.05, 4.69) is 50.0 Å². The van der Waals surface area contributed by atoms with Crippen molar-refractivity contribution >= 4 is 33.7 Å². The smallest absolute Gasteiger partial charge is 0.230 e. The van der Waals surface area contributed by atoms with Crippen LogP contribution in [0, 0.1) is 5.92 Å². The molecule has 1 saturated carbocycles. The van der Waals surface area contributed by atoms with Gasteiger partial charge in [0.1, 0.15) is 11.5 Å². The highest BCUT2D eigenvalue weighted by Crippen LogP contribution is 2.38. The molecule has 0 bridgehead atoms. The molecule has 2 N–H and O–H groups in total. The van der Waals surface area contributed by atoms with Crippen molar-refractivity contribution in [3.05, 3.63) is 60.7 Å². The van der Waals surface area contributed by atoms with Crippen LogP contribution in [0.1, 0.15) is 43.0 Å². The first-order chi connectivity index (χ1) is 15.8. The molecule has 162 valence electrons. The minimum absolute atomic E-state index is 0.410. The van der Waals surface area contributed by atoms with Crippen LogP contribution >= 0.6 is 0 Å². The van der Waals surface area contributed by atoms with Gasteiger partial charge in [0, 0.05) is 54.4 Å². The molecule has 1 aliphatic heterocycles. The van der Waals surface area contributed by atoms with E-state index >= 15 is 0 Å². The molecular weight excluding hydrogens is 398 g/mol. The molecule has 2 aliphatic rings. The lowest BCUT2D eigenvalue weighted by Crippen LogP contribution is -2.24. The van der Waals surface area contributed by atoms with E-state index in [0.717, 1.165) is 65.8 Å². The third-order valence-corrected chi connectivity index (χ3v) is 6.95. The van der Waals surface area contributed by atoms with Gasteiger partial charge in [-0.05, 0) is 49.3 Å². The summed E-state index contributed by atoms with van der Waals surface area (Å²) in [5.74, 6) is 1.99. The van der Waals surface area contributed by atoms with Crippen LogP contribution < -0.4 is 10.6 Å². The zero-order chi connectivity index (χ0) is 21.5. The maximum absolute atomic E-state index is 4.97. The van der Waals surface area contributed by atoms with Gasteiger partial charge in [-0.1, -0.05) is 12.1 Å². The topological polar surface area (TPSA) is 80.5 Å². The van der Waals surface area contributed by atoms with E-state index in [1.54, 1.807) is 0 Å². The Labute approximate surface area is 187 Å². The predicted molar refractivity (Wildman–Crippen MR) is 127 cm³/mol. The zero-order valence-electron chi connectivity index (χ0n) is 18.1. The van der Waals surface area contributed by atoms with Gasteiger partial charge in [-0.25, -0.2) is 9.97 Å². The van der Waals surface area contributed by atoms with Crippen LogP contribution in [-0.2, 0) is 13.0 Å². The maximum atomic E-state index is 4.97. The Morgan fingerprint density at radius 3 is 2.84 bits per heavy atom. The average Bonchev–Trinajstić information content (AvgIpc) is 3.17. The summed E-state index contributed by atoms with van der Waals surface area (Å²) in [6.07, 6.45) is 13.4. The van der Waals surface area contributed by atoms with Gasteiger partial charge in [0.15, 0.2) is 0 Å².